The number of hydrogen-bond donors (Lipinski definition) is 0. The van der Waals surface area contributed by atoms with Crippen LogP contribution in [0.15, 0.2) is 48.5 Å². The van der Waals surface area contributed by atoms with Gasteiger partial charge in [0.15, 0.2) is 6.10 Å². The lowest BCUT2D eigenvalue weighted by atomic mass is 9.99. The summed E-state index contributed by atoms with van der Waals surface area (Å²) in [4.78, 5) is 14.5. The quantitative estimate of drug-likeness (QED) is 0.876. The summed E-state index contributed by atoms with van der Waals surface area (Å²) < 4.78 is 5.73. The number of hydrogen-bond acceptors (Lipinski definition) is 3. The number of ether oxygens (including phenoxy) is 1. The van der Waals surface area contributed by atoms with E-state index >= 15 is 0 Å². The Morgan fingerprint density at radius 2 is 1.87 bits per heavy atom. The van der Waals surface area contributed by atoms with Crippen LogP contribution in [0.3, 0.4) is 0 Å². The Bertz CT molecular complexity index is 764. The fourth-order valence-corrected chi connectivity index (χ4v) is 2.84. The van der Waals surface area contributed by atoms with E-state index in [1.165, 1.54) is 11.1 Å². The fraction of sp³-hybridized carbons (Fsp3) is 0.263. The van der Waals surface area contributed by atoms with E-state index in [-0.39, 0.29) is 5.91 Å². The monoisotopic (exact) mass is 306 g/mol. The predicted molar refractivity (Wildman–Crippen MR) is 86.8 cm³/mol. The molecule has 1 aliphatic rings. The van der Waals surface area contributed by atoms with Gasteiger partial charge in [-0.15, -0.1) is 0 Å². The smallest absolute Gasteiger partial charge is 0.263 e. The van der Waals surface area contributed by atoms with Gasteiger partial charge in [0.05, 0.1) is 5.56 Å². The van der Waals surface area contributed by atoms with Crippen molar-refractivity contribution in [2.75, 3.05) is 6.54 Å². The van der Waals surface area contributed by atoms with Gasteiger partial charge in [-0.3, -0.25) is 4.79 Å². The first-order valence-electron chi connectivity index (χ1n) is 7.70. The van der Waals surface area contributed by atoms with Crippen molar-refractivity contribution < 1.29 is 9.53 Å². The molecule has 1 heterocycles. The third-order valence-electron chi connectivity index (χ3n) is 4.10. The second-order valence-corrected chi connectivity index (χ2v) is 5.65. The summed E-state index contributed by atoms with van der Waals surface area (Å²) >= 11 is 0. The standard InChI is InChI=1S/C19H18N2O2/c1-14(23-18-9-5-4-7-16(18)12-20)19(22)21-11-10-15-6-2-3-8-17(15)13-21/h2-9,14H,10-11,13H2,1H3/t14-/m1/s1. The van der Waals surface area contributed by atoms with Crippen molar-refractivity contribution in [2.45, 2.75) is 26.0 Å². The Morgan fingerprint density at radius 3 is 2.65 bits per heavy atom. The minimum absolute atomic E-state index is 0.0488. The molecule has 0 unspecified atom stereocenters. The minimum atomic E-state index is -0.616. The molecule has 0 spiro atoms. The summed E-state index contributed by atoms with van der Waals surface area (Å²) in [5.74, 6) is 0.403. The minimum Gasteiger partial charge on any atom is -0.480 e. The normalized spacial score (nSPS) is 14.5. The molecule has 0 aromatic heterocycles. The van der Waals surface area contributed by atoms with Gasteiger partial charge in [0, 0.05) is 13.1 Å². The molecule has 2 aromatic rings. The third kappa shape index (κ3) is 3.19. The topological polar surface area (TPSA) is 53.3 Å². The predicted octanol–water partition coefficient (Wildman–Crippen LogP) is 2.91. The van der Waals surface area contributed by atoms with E-state index in [0.717, 1.165) is 6.42 Å². The van der Waals surface area contributed by atoms with Crippen LogP contribution in [0.5, 0.6) is 5.75 Å². The number of para-hydroxylation sites is 1. The van der Waals surface area contributed by atoms with E-state index in [9.17, 15) is 4.79 Å². The molecule has 116 valence electrons. The first-order chi connectivity index (χ1) is 11.2. The van der Waals surface area contributed by atoms with Gasteiger partial charge in [-0.1, -0.05) is 36.4 Å². The van der Waals surface area contributed by atoms with Crippen molar-refractivity contribution in [1.82, 2.24) is 4.90 Å². The molecule has 0 saturated carbocycles. The van der Waals surface area contributed by atoms with Crippen LogP contribution < -0.4 is 4.74 Å². The number of carbonyl (C=O) groups excluding carboxylic acids is 1. The van der Waals surface area contributed by atoms with E-state index < -0.39 is 6.10 Å². The lowest BCUT2D eigenvalue weighted by Crippen LogP contribution is -2.43. The number of nitrogens with zero attached hydrogens (tertiary/aromatic N) is 2. The van der Waals surface area contributed by atoms with Gasteiger partial charge in [-0.25, -0.2) is 0 Å². The van der Waals surface area contributed by atoms with Crippen LogP contribution in [-0.2, 0) is 17.8 Å². The summed E-state index contributed by atoms with van der Waals surface area (Å²) in [7, 11) is 0. The third-order valence-corrected chi connectivity index (χ3v) is 4.10. The second kappa shape index (κ2) is 6.53. The summed E-state index contributed by atoms with van der Waals surface area (Å²) in [5.41, 5.74) is 2.94. The van der Waals surface area contributed by atoms with Crippen LogP contribution in [0.4, 0.5) is 0 Å². The van der Waals surface area contributed by atoms with Crippen LogP contribution in [0.2, 0.25) is 0 Å². The lowest BCUT2D eigenvalue weighted by molar-refractivity contribution is -0.138. The number of benzene rings is 2. The SMILES string of the molecule is C[C@@H](Oc1ccccc1C#N)C(=O)N1CCc2ccccc2C1. The molecule has 0 aliphatic carbocycles. The number of rotatable bonds is 3. The van der Waals surface area contributed by atoms with Crippen molar-refractivity contribution >= 4 is 5.91 Å². The van der Waals surface area contributed by atoms with Gasteiger partial charge >= 0.3 is 0 Å². The molecule has 3 rings (SSSR count). The maximum absolute atomic E-state index is 12.6. The molecule has 0 radical (unpaired) electrons. The van der Waals surface area contributed by atoms with E-state index in [4.69, 9.17) is 10.00 Å². The summed E-state index contributed by atoms with van der Waals surface area (Å²) in [6.45, 7) is 3.04. The van der Waals surface area contributed by atoms with E-state index in [1.807, 2.05) is 17.0 Å². The zero-order chi connectivity index (χ0) is 16.2. The fourth-order valence-electron chi connectivity index (χ4n) is 2.84. The van der Waals surface area contributed by atoms with Crippen molar-refractivity contribution in [3.8, 4) is 11.8 Å². The van der Waals surface area contributed by atoms with Gasteiger partial charge < -0.3 is 9.64 Å². The Labute approximate surface area is 135 Å². The number of nitriles is 1. The maximum atomic E-state index is 12.6. The molecule has 4 nitrogen and oxygen atoms in total. The van der Waals surface area contributed by atoms with Gasteiger partial charge in [0.2, 0.25) is 0 Å². The summed E-state index contributed by atoms with van der Waals surface area (Å²) in [6, 6.07) is 17.3. The molecular weight excluding hydrogens is 288 g/mol. The lowest BCUT2D eigenvalue weighted by Gasteiger charge is -2.31. The average molecular weight is 306 g/mol. The Morgan fingerprint density at radius 1 is 1.17 bits per heavy atom. The summed E-state index contributed by atoms with van der Waals surface area (Å²) in [5, 5.41) is 9.10. The number of fused-ring (bicyclic) bond motifs is 1. The van der Waals surface area contributed by atoms with Crippen molar-refractivity contribution in [2.24, 2.45) is 0 Å². The van der Waals surface area contributed by atoms with E-state index in [1.54, 1.807) is 31.2 Å². The van der Waals surface area contributed by atoms with Crippen LogP contribution in [0.1, 0.15) is 23.6 Å². The van der Waals surface area contributed by atoms with Crippen LogP contribution >= 0.6 is 0 Å². The highest BCUT2D eigenvalue weighted by Crippen LogP contribution is 2.22. The van der Waals surface area contributed by atoms with Gasteiger partial charge in [-0.2, -0.15) is 5.26 Å². The zero-order valence-electron chi connectivity index (χ0n) is 13.0. The molecule has 23 heavy (non-hydrogen) atoms. The molecule has 0 N–H and O–H groups in total. The molecular formula is C19H18N2O2. The molecule has 0 bridgehead atoms. The average Bonchev–Trinajstić information content (AvgIpc) is 2.61. The van der Waals surface area contributed by atoms with Gasteiger partial charge in [0.25, 0.3) is 5.91 Å². The molecule has 0 saturated heterocycles. The van der Waals surface area contributed by atoms with Crippen LogP contribution in [-0.4, -0.2) is 23.5 Å². The molecule has 1 atom stereocenters. The van der Waals surface area contributed by atoms with Gasteiger partial charge in [-0.05, 0) is 36.6 Å². The van der Waals surface area contributed by atoms with Crippen molar-refractivity contribution in [3.63, 3.8) is 0 Å². The highest BCUT2D eigenvalue weighted by atomic mass is 16.5. The molecule has 1 aliphatic heterocycles. The summed E-state index contributed by atoms with van der Waals surface area (Å²) in [6.07, 6.45) is 0.249. The van der Waals surface area contributed by atoms with E-state index in [0.29, 0.717) is 24.4 Å². The van der Waals surface area contributed by atoms with E-state index in [2.05, 4.69) is 18.2 Å². The van der Waals surface area contributed by atoms with Crippen molar-refractivity contribution in [3.05, 3.63) is 65.2 Å². The maximum Gasteiger partial charge on any atom is 0.263 e. The van der Waals surface area contributed by atoms with Crippen LogP contribution in [0.25, 0.3) is 0 Å². The number of carbonyl (C=O) groups is 1. The molecule has 1 amide bonds. The second-order valence-electron chi connectivity index (χ2n) is 5.65. The van der Waals surface area contributed by atoms with Gasteiger partial charge in [0.1, 0.15) is 11.8 Å². The first kappa shape index (κ1) is 15.1. The Hall–Kier alpha value is -2.80. The first-order valence-corrected chi connectivity index (χ1v) is 7.70. The number of amides is 1. The van der Waals surface area contributed by atoms with Crippen molar-refractivity contribution in [1.29, 1.82) is 5.26 Å². The molecule has 2 aromatic carbocycles. The highest BCUT2D eigenvalue weighted by molar-refractivity contribution is 5.81. The van der Waals surface area contributed by atoms with Crippen LogP contribution in [0, 0.1) is 11.3 Å². The zero-order valence-corrected chi connectivity index (χ0v) is 13.0. The molecule has 4 heteroatoms. The molecule has 0 fully saturated rings. The highest BCUT2D eigenvalue weighted by Gasteiger charge is 2.26. The Balaban J connectivity index is 1.70. The largest absolute Gasteiger partial charge is 0.480 e. The Kier molecular flexibility index (Phi) is 4.29.